The van der Waals surface area contributed by atoms with Gasteiger partial charge in [-0.25, -0.2) is 0 Å². The van der Waals surface area contributed by atoms with Crippen molar-refractivity contribution in [3.63, 3.8) is 0 Å². The maximum absolute atomic E-state index is 13.0. The second-order valence-corrected chi connectivity index (χ2v) is 7.51. The number of nitrogens with one attached hydrogen (secondary N) is 1. The molecule has 0 atom stereocenters. The van der Waals surface area contributed by atoms with E-state index < -0.39 is 5.41 Å². The van der Waals surface area contributed by atoms with Gasteiger partial charge >= 0.3 is 0 Å². The molecule has 2 aromatic rings. The number of anilines is 1. The molecule has 4 nitrogen and oxygen atoms in total. The van der Waals surface area contributed by atoms with Crippen molar-refractivity contribution in [3.05, 3.63) is 64.2 Å². The SMILES string of the molecule is Cc1cccc(C)c1NC(=O)CN(C)C(=O)C1(c2cccc(Cl)c2)CC1. The number of aryl methyl sites for hydroxylation is 2. The Bertz CT molecular complexity index is 839. The molecular formula is C21H23ClN2O2. The van der Waals surface area contributed by atoms with Gasteiger partial charge in [0.05, 0.1) is 12.0 Å². The quantitative estimate of drug-likeness (QED) is 0.861. The lowest BCUT2D eigenvalue weighted by molar-refractivity contribution is -0.135. The zero-order valence-electron chi connectivity index (χ0n) is 15.3. The highest BCUT2D eigenvalue weighted by molar-refractivity contribution is 6.30. The number of hydrogen-bond donors (Lipinski definition) is 1. The minimum atomic E-state index is -0.529. The molecule has 0 aromatic heterocycles. The van der Waals surface area contributed by atoms with Gasteiger partial charge in [-0.05, 0) is 55.5 Å². The highest BCUT2D eigenvalue weighted by Crippen LogP contribution is 2.49. The normalized spacial score (nSPS) is 14.6. The second kappa shape index (κ2) is 7.12. The molecule has 3 rings (SSSR count). The van der Waals surface area contributed by atoms with Gasteiger partial charge in [0.2, 0.25) is 11.8 Å². The van der Waals surface area contributed by atoms with Gasteiger partial charge in [-0.15, -0.1) is 0 Å². The Morgan fingerprint density at radius 1 is 1.12 bits per heavy atom. The summed E-state index contributed by atoms with van der Waals surface area (Å²) in [5.74, 6) is -0.225. The summed E-state index contributed by atoms with van der Waals surface area (Å²) in [6.07, 6.45) is 1.57. The third kappa shape index (κ3) is 3.61. The van der Waals surface area contributed by atoms with E-state index in [1.54, 1.807) is 13.1 Å². The highest BCUT2D eigenvalue weighted by atomic mass is 35.5. The van der Waals surface area contributed by atoms with E-state index in [9.17, 15) is 9.59 Å². The summed E-state index contributed by atoms with van der Waals surface area (Å²) in [7, 11) is 1.68. The van der Waals surface area contributed by atoms with Gasteiger partial charge in [-0.1, -0.05) is 41.9 Å². The lowest BCUT2D eigenvalue weighted by Gasteiger charge is -2.24. The fourth-order valence-electron chi connectivity index (χ4n) is 3.38. The van der Waals surface area contributed by atoms with Crippen LogP contribution in [0.4, 0.5) is 5.69 Å². The molecule has 1 fully saturated rings. The third-order valence-electron chi connectivity index (χ3n) is 5.01. The van der Waals surface area contributed by atoms with Crippen molar-refractivity contribution in [1.29, 1.82) is 0 Å². The lowest BCUT2D eigenvalue weighted by Crippen LogP contribution is -2.41. The maximum Gasteiger partial charge on any atom is 0.243 e. The third-order valence-corrected chi connectivity index (χ3v) is 5.24. The van der Waals surface area contributed by atoms with Gasteiger partial charge in [-0.3, -0.25) is 9.59 Å². The topological polar surface area (TPSA) is 49.4 Å². The Labute approximate surface area is 159 Å². The molecule has 1 aliphatic carbocycles. The predicted octanol–water partition coefficient (Wildman–Crippen LogP) is 4.09. The average molecular weight is 371 g/mol. The Morgan fingerprint density at radius 3 is 2.31 bits per heavy atom. The molecule has 26 heavy (non-hydrogen) atoms. The maximum atomic E-state index is 13.0. The summed E-state index contributed by atoms with van der Waals surface area (Å²) in [6.45, 7) is 3.93. The van der Waals surface area contributed by atoms with E-state index in [4.69, 9.17) is 11.6 Å². The number of benzene rings is 2. The van der Waals surface area contributed by atoms with Crippen LogP contribution in [-0.4, -0.2) is 30.3 Å². The molecular weight excluding hydrogens is 348 g/mol. The van der Waals surface area contributed by atoms with Crippen LogP contribution in [-0.2, 0) is 15.0 Å². The monoisotopic (exact) mass is 370 g/mol. The molecule has 0 spiro atoms. The van der Waals surface area contributed by atoms with E-state index in [-0.39, 0.29) is 18.4 Å². The molecule has 136 valence electrons. The average Bonchev–Trinajstić information content (AvgIpc) is 3.39. The molecule has 1 N–H and O–H groups in total. The van der Waals surface area contributed by atoms with E-state index in [2.05, 4.69) is 5.32 Å². The molecule has 0 saturated heterocycles. The van der Waals surface area contributed by atoms with E-state index in [1.165, 1.54) is 4.90 Å². The number of likely N-dealkylation sites (N-methyl/N-ethyl adjacent to an activating group) is 1. The zero-order valence-corrected chi connectivity index (χ0v) is 16.1. The largest absolute Gasteiger partial charge is 0.336 e. The first-order valence-corrected chi connectivity index (χ1v) is 9.09. The lowest BCUT2D eigenvalue weighted by atomic mass is 9.94. The Morgan fingerprint density at radius 2 is 1.73 bits per heavy atom. The van der Waals surface area contributed by atoms with E-state index in [0.29, 0.717) is 5.02 Å². The van der Waals surface area contributed by atoms with Gasteiger partial charge in [0.25, 0.3) is 0 Å². The van der Waals surface area contributed by atoms with Crippen LogP contribution in [0.25, 0.3) is 0 Å². The van der Waals surface area contributed by atoms with Gasteiger partial charge < -0.3 is 10.2 Å². The number of nitrogens with zero attached hydrogens (tertiary/aromatic N) is 1. The number of halogens is 1. The van der Waals surface area contributed by atoms with Gasteiger partial charge in [-0.2, -0.15) is 0 Å². The van der Waals surface area contributed by atoms with E-state index in [1.807, 2.05) is 50.2 Å². The van der Waals surface area contributed by atoms with Crippen LogP contribution >= 0.6 is 11.6 Å². The van der Waals surface area contributed by atoms with Crippen molar-refractivity contribution >= 4 is 29.1 Å². The first kappa shape index (κ1) is 18.5. The van der Waals surface area contributed by atoms with Crippen molar-refractivity contribution in [3.8, 4) is 0 Å². The molecule has 0 heterocycles. The summed E-state index contributed by atoms with van der Waals surface area (Å²) in [6, 6.07) is 13.3. The molecule has 0 radical (unpaired) electrons. The molecule has 1 saturated carbocycles. The first-order valence-electron chi connectivity index (χ1n) is 8.71. The molecule has 2 amide bonds. The van der Waals surface area contributed by atoms with Crippen molar-refractivity contribution in [2.75, 3.05) is 18.9 Å². The minimum Gasteiger partial charge on any atom is -0.336 e. The fourth-order valence-corrected chi connectivity index (χ4v) is 3.57. The van der Waals surface area contributed by atoms with Crippen LogP contribution in [0.15, 0.2) is 42.5 Å². The van der Waals surface area contributed by atoms with Crippen LogP contribution in [0.1, 0.15) is 29.5 Å². The van der Waals surface area contributed by atoms with Gasteiger partial charge in [0, 0.05) is 17.8 Å². The second-order valence-electron chi connectivity index (χ2n) is 7.07. The number of carbonyl (C=O) groups excluding carboxylic acids is 2. The van der Waals surface area contributed by atoms with Crippen molar-refractivity contribution < 1.29 is 9.59 Å². The molecule has 0 bridgehead atoms. The number of carbonyl (C=O) groups is 2. The Balaban J connectivity index is 1.69. The summed E-state index contributed by atoms with van der Waals surface area (Å²) < 4.78 is 0. The van der Waals surface area contributed by atoms with Crippen molar-refractivity contribution in [2.45, 2.75) is 32.1 Å². The molecule has 0 aliphatic heterocycles. The van der Waals surface area contributed by atoms with Crippen LogP contribution in [0.5, 0.6) is 0 Å². The van der Waals surface area contributed by atoms with Crippen molar-refractivity contribution in [2.24, 2.45) is 0 Å². The standard InChI is InChI=1S/C21H23ClN2O2/c1-14-6-4-7-15(2)19(14)23-18(25)13-24(3)20(26)21(10-11-21)16-8-5-9-17(22)12-16/h4-9,12H,10-11,13H2,1-3H3,(H,23,25). The van der Waals surface area contributed by atoms with Crippen molar-refractivity contribution in [1.82, 2.24) is 4.90 Å². The number of amides is 2. The number of para-hydroxylation sites is 1. The summed E-state index contributed by atoms with van der Waals surface area (Å²) in [5, 5.41) is 3.55. The van der Waals surface area contributed by atoms with Gasteiger partial charge in [0.1, 0.15) is 0 Å². The number of rotatable bonds is 5. The molecule has 5 heteroatoms. The first-order chi connectivity index (χ1) is 12.3. The zero-order chi connectivity index (χ0) is 18.9. The van der Waals surface area contributed by atoms with Crippen LogP contribution in [0.2, 0.25) is 5.02 Å². The van der Waals surface area contributed by atoms with Gasteiger partial charge in [0.15, 0.2) is 0 Å². The van der Waals surface area contributed by atoms with Crippen LogP contribution < -0.4 is 5.32 Å². The Kier molecular flexibility index (Phi) is 5.05. The fraction of sp³-hybridized carbons (Fsp3) is 0.333. The molecule has 0 unspecified atom stereocenters. The highest BCUT2D eigenvalue weighted by Gasteiger charge is 2.52. The predicted molar refractivity (Wildman–Crippen MR) is 105 cm³/mol. The minimum absolute atomic E-state index is 0.0227. The summed E-state index contributed by atoms with van der Waals surface area (Å²) in [5.41, 5.74) is 3.22. The van der Waals surface area contributed by atoms with E-state index >= 15 is 0 Å². The molecule has 2 aromatic carbocycles. The van der Waals surface area contributed by atoms with Crippen LogP contribution in [0.3, 0.4) is 0 Å². The van der Waals surface area contributed by atoms with Crippen LogP contribution in [0, 0.1) is 13.8 Å². The summed E-state index contributed by atoms with van der Waals surface area (Å²) >= 11 is 6.08. The Hall–Kier alpha value is -2.33. The smallest absolute Gasteiger partial charge is 0.243 e. The number of hydrogen-bond acceptors (Lipinski definition) is 2. The molecule has 1 aliphatic rings. The summed E-state index contributed by atoms with van der Waals surface area (Å²) in [4.78, 5) is 26.9. The van der Waals surface area contributed by atoms with E-state index in [0.717, 1.165) is 35.2 Å².